The molecule has 16 heavy (non-hydrogen) atoms. The lowest BCUT2D eigenvalue weighted by atomic mass is 10.3. The second-order valence-electron chi connectivity index (χ2n) is 4.65. The largest absolute Gasteiger partial charge is 0.347 e. The van der Waals surface area contributed by atoms with E-state index in [1.54, 1.807) is 6.07 Å². The first-order chi connectivity index (χ1) is 7.75. The number of piperidine rings is 1. The molecule has 0 radical (unpaired) electrons. The maximum absolute atomic E-state index is 11.9. The van der Waals surface area contributed by atoms with Crippen LogP contribution in [-0.2, 0) is 0 Å². The van der Waals surface area contributed by atoms with Gasteiger partial charge in [-0.3, -0.25) is 4.79 Å². The van der Waals surface area contributed by atoms with E-state index in [4.69, 9.17) is 0 Å². The van der Waals surface area contributed by atoms with Crippen molar-refractivity contribution in [2.45, 2.75) is 13.0 Å². The Kier molecular flexibility index (Phi) is 2.17. The molecule has 4 nitrogen and oxygen atoms in total. The maximum Gasteiger partial charge on any atom is 0.270 e. The zero-order valence-electron chi connectivity index (χ0n) is 9.23. The van der Waals surface area contributed by atoms with Crippen LogP contribution in [0.25, 0.3) is 0 Å². The van der Waals surface area contributed by atoms with E-state index in [0.717, 1.165) is 18.8 Å². The van der Waals surface area contributed by atoms with Crippen molar-refractivity contribution >= 4 is 5.91 Å². The highest BCUT2D eigenvalue weighted by atomic mass is 16.2. The zero-order valence-corrected chi connectivity index (χ0v) is 9.23. The average Bonchev–Trinajstić information content (AvgIpc) is 2.74. The Morgan fingerprint density at radius 3 is 2.88 bits per heavy atom. The monoisotopic (exact) mass is 217 g/mol. The standard InChI is InChI=1S/C12H15N3O/c1-7-3-2-4-10(14-7)12(16)15-11-8-5-13-6-9(8)11/h2-4,8-9,11,13H,5-6H2,1H3,(H,15,16). The van der Waals surface area contributed by atoms with Gasteiger partial charge < -0.3 is 10.6 Å². The Hall–Kier alpha value is -1.42. The van der Waals surface area contributed by atoms with E-state index in [1.165, 1.54) is 0 Å². The van der Waals surface area contributed by atoms with Crippen LogP contribution in [0, 0.1) is 18.8 Å². The van der Waals surface area contributed by atoms with Crippen LogP contribution in [0.3, 0.4) is 0 Å². The fraction of sp³-hybridized carbons (Fsp3) is 0.500. The molecule has 0 aromatic carbocycles. The maximum atomic E-state index is 11.9. The molecule has 1 amide bonds. The summed E-state index contributed by atoms with van der Waals surface area (Å²) in [7, 11) is 0. The predicted molar refractivity (Wildman–Crippen MR) is 60.1 cm³/mol. The van der Waals surface area contributed by atoms with Crippen LogP contribution in [0.4, 0.5) is 0 Å². The van der Waals surface area contributed by atoms with Crippen LogP contribution in [0.2, 0.25) is 0 Å². The lowest BCUT2D eigenvalue weighted by molar-refractivity contribution is 0.0941. The van der Waals surface area contributed by atoms with E-state index in [9.17, 15) is 4.79 Å². The molecule has 1 aliphatic heterocycles. The number of rotatable bonds is 2. The van der Waals surface area contributed by atoms with Crippen molar-refractivity contribution in [2.75, 3.05) is 13.1 Å². The van der Waals surface area contributed by atoms with Crippen LogP contribution in [0.15, 0.2) is 18.2 Å². The van der Waals surface area contributed by atoms with Gasteiger partial charge in [0.05, 0.1) is 0 Å². The fourth-order valence-electron chi connectivity index (χ4n) is 2.53. The van der Waals surface area contributed by atoms with Crippen LogP contribution in [-0.4, -0.2) is 30.0 Å². The smallest absolute Gasteiger partial charge is 0.270 e. The van der Waals surface area contributed by atoms with Gasteiger partial charge in [-0.25, -0.2) is 4.98 Å². The third kappa shape index (κ3) is 1.59. The number of amides is 1. The number of nitrogens with zero attached hydrogens (tertiary/aromatic N) is 1. The van der Waals surface area contributed by atoms with Gasteiger partial charge in [0, 0.05) is 24.8 Å². The molecular formula is C12H15N3O. The van der Waals surface area contributed by atoms with Crippen LogP contribution in [0.5, 0.6) is 0 Å². The summed E-state index contributed by atoms with van der Waals surface area (Å²) < 4.78 is 0. The second kappa shape index (κ2) is 3.56. The van der Waals surface area contributed by atoms with Crippen molar-refractivity contribution in [3.63, 3.8) is 0 Å². The number of fused-ring (bicyclic) bond motifs is 1. The highest BCUT2D eigenvalue weighted by molar-refractivity contribution is 5.92. The van der Waals surface area contributed by atoms with Gasteiger partial charge in [-0.2, -0.15) is 0 Å². The first-order valence-corrected chi connectivity index (χ1v) is 5.71. The number of aromatic nitrogens is 1. The summed E-state index contributed by atoms with van der Waals surface area (Å²) in [5, 5.41) is 6.36. The summed E-state index contributed by atoms with van der Waals surface area (Å²) in [6, 6.07) is 5.90. The third-order valence-corrected chi connectivity index (χ3v) is 3.51. The molecule has 2 aliphatic rings. The Morgan fingerprint density at radius 1 is 1.44 bits per heavy atom. The molecule has 1 aliphatic carbocycles. The van der Waals surface area contributed by atoms with Crippen molar-refractivity contribution in [1.29, 1.82) is 0 Å². The SMILES string of the molecule is Cc1cccc(C(=O)NC2C3CNCC32)n1. The van der Waals surface area contributed by atoms with Gasteiger partial charge in [-0.1, -0.05) is 6.07 Å². The molecule has 2 atom stereocenters. The molecule has 1 aromatic rings. The van der Waals surface area contributed by atoms with Gasteiger partial charge in [-0.05, 0) is 30.9 Å². The van der Waals surface area contributed by atoms with E-state index < -0.39 is 0 Å². The Morgan fingerprint density at radius 2 is 2.19 bits per heavy atom. The number of pyridine rings is 1. The van der Waals surface area contributed by atoms with Crippen LogP contribution >= 0.6 is 0 Å². The molecule has 0 spiro atoms. The third-order valence-electron chi connectivity index (χ3n) is 3.51. The summed E-state index contributed by atoms with van der Waals surface area (Å²) in [4.78, 5) is 16.1. The Balaban J connectivity index is 1.66. The minimum absolute atomic E-state index is 0.0388. The molecular weight excluding hydrogens is 202 g/mol. The predicted octanol–water partition coefficient (Wildman–Crippen LogP) is 0.338. The Labute approximate surface area is 94.5 Å². The van der Waals surface area contributed by atoms with Gasteiger partial charge >= 0.3 is 0 Å². The van der Waals surface area contributed by atoms with Crippen molar-refractivity contribution in [2.24, 2.45) is 11.8 Å². The van der Waals surface area contributed by atoms with E-state index in [0.29, 0.717) is 23.6 Å². The van der Waals surface area contributed by atoms with Crippen molar-refractivity contribution in [3.05, 3.63) is 29.6 Å². The van der Waals surface area contributed by atoms with Gasteiger partial charge in [0.15, 0.2) is 0 Å². The highest BCUT2D eigenvalue weighted by Crippen LogP contribution is 2.41. The van der Waals surface area contributed by atoms with Crippen LogP contribution in [0.1, 0.15) is 16.2 Å². The molecule has 0 bridgehead atoms. The zero-order chi connectivity index (χ0) is 11.1. The van der Waals surface area contributed by atoms with E-state index in [-0.39, 0.29) is 5.91 Å². The number of hydrogen-bond acceptors (Lipinski definition) is 3. The van der Waals surface area contributed by atoms with Gasteiger partial charge in [0.1, 0.15) is 5.69 Å². The summed E-state index contributed by atoms with van der Waals surface area (Å²) >= 11 is 0. The second-order valence-corrected chi connectivity index (χ2v) is 4.65. The molecule has 1 saturated heterocycles. The molecule has 2 N–H and O–H groups in total. The summed E-state index contributed by atoms with van der Waals surface area (Å²) in [5.41, 5.74) is 1.41. The molecule has 2 unspecified atom stereocenters. The summed E-state index contributed by atoms with van der Waals surface area (Å²) in [6.07, 6.45) is 0. The van der Waals surface area contributed by atoms with Gasteiger partial charge in [-0.15, -0.1) is 0 Å². The molecule has 4 heteroatoms. The quantitative estimate of drug-likeness (QED) is 0.751. The lowest BCUT2D eigenvalue weighted by Gasteiger charge is -2.07. The minimum atomic E-state index is -0.0388. The minimum Gasteiger partial charge on any atom is -0.347 e. The summed E-state index contributed by atoms with van der Waals surface area (Å²) in [6.45, 7) is 3.97. The van der Waals surface area contributed by atoms with E-state index in [1.807, 2.05) is 19.1 Å². The molecule has 2 heterocycles. The number of carbonyl (C=O) groups excluding carboxylic acids is 1. The summed E-state index contributed by atoms with van der Waals surface area (Å²) in [5.74, 6) is 1.26. The first kappa shape index (κ1) is 9.78. The van der Waals surface area contributed by atoms with Gasteiger partial charge in [0.25, 0.3) is 5.91 Å². The van der Waals surface area contributed by atoms with Crippen LogP contribution < -0.4 is 10.6 Å². The fourth-order valence-corrected chi connectivity index (χ4v) is 2.53. The van der Waals surface area contributed by atoms with Crippen molar-refractivity contribution in [1.82, 2.24) is 15.6 Å². The first-order valence-electron chi connectivity index (χ1n) is 5.71. The van der Waals surface area contributed by atoms with E-state index in [2.05, 4.69) is 15.6 Å². The highest BCUT2D eigenvalue weighted by Gasteiger charge is 2.53. The molecule has 2 fully saturated rings. The normalized spacial score (nSPS) is 30.9. The number of nitrogens with one attached hydrogen (secondary N) is 2. The lowest BCUT2D eigenvalue weighted by Crippen LogP contribution is -2.33. The molecule has 1 aromatic heterocycles. The number of aryl methyl sites for hydroxylation is 1. The van der Waals surface area contributed by atoms with Crippen molar-refractivity contribution in [3.8, 4) is 0 Å². The Bertz CT molecular complexity index is 422. The molecule has 84 valence electrons. The number of carbonyl (C=O) groups is 1. The van der Waals surface area contributed by atoms with Crippen molar-refractivity contribution < 1.29 is 4.79 Å². The van der Waals surface area contributed by atoms with Gasteiger partial charge in [0.2, 0.25) is 0 Å². The molecule has 1 saturated carbocycles. The van der Waals surface area contributed by atoms with E-state index >= 15 is 0 Å². The average molecular weight is 217 g/mol. The topological polar surface area (TPSA) is 54.0 Å². The molecule has 3 rings (SSSR count). The number of hydrogen-bond donors (Lipinski definition) is 2.